The molecule has 0 N–H and O–H groups in total. The normalized spacial score (nSPS) is 17.0. The third-order valence-corrected chi connectivity index (χ3v) is 4.62. The highest BCUT2D eigenvalue weighted by Gasteiger charge is 2.29. The Hall–Kier alpha value is -2.72. The standard InChI is InChI=1S/C21H22N2O2/c1-16-7-9-18(10-8-16)22-12-11-17(15-22)21-23(13-14-25-21)19-5-3-4-6-20(19)24-2/h3-12,15,21H,13-14H2,1-2H3/t21-/m1/s1. The number of benzene rings is 2. The van der Waals surface area contributed by atoms with Crippen molar-refractivity contribution in [2.75, 3.05) is 25.2 Å². The molecule has 4 heteroatoms. The van der Waals surface area contributed by atoms with E-state index in [9.17, 15) is 0 Å². The Morgan fingerprint density at radius 2 is 1.84 bits per heavy atom. The van der Waals surface area contributed by atoms with Crippen LogP contribution in [0.3, 0.4) is 0 Å². The lowest BCUT2D eigenvalue weighted by Crippen LogP contribution is -2.23. The van der Waals surface area contributed by atoms with E-state index in [0.717, 1.165) is 29.2 Å². The average Bonchev–Trinajstić information content (AvgIpc) is 3.31. The van der Waals surface area contributed by atoms with Crippen molar-refractivity contribution in [3.05, 3.63) is 78.1 Å². The molecule has 0 unspecified atom stereocenters. The lowest BCUT2D eigenvalue weighted by Gasteiger charge is -2.26. The molecular weight excluding hydrogens is 312 g/mol. The maximum Gasteiger partial charge on any atom is 0.158 e. The lowest BCUT2D eigenvalue weighted by molar-refractivity contribution is 0.113. The molecule has 1 aromatic heterocycles. The molecule has 25 heavy (non-hydrogen) atoms. The summed E-state index contributed by atoms with van der Waals surface area (Å²) in [6.07, 6.45) is 4.13. The fourth-order valence-corrected chi connectivity index (χ4v) is 3.30. The van der Waals surface area contributed by atoms with Crippen molar-refractivity contribution in [1.29, 1.82) is 0 Å². The van der Waals surface area contributed by atoms with Crippen LogP contribution in [0.1, 0.15) is 17.4 Å². The summed E-state index contributed by atoms with van der Waals surface area (Å²) in [6.45, 7) is 3.65. The van der Waals surface area contributed by atoms with E-state index < -0.39 is 0 Å². The molecular formula is C21H22N2O2. The third-order valence-electron chi connectivity index (χ3n) is 4.62. The molecule has 0 radical (unpaired) electrons. The number of aryl methyl sites for hydroxylation is 1. The largest absolute Gasteiger partial charge is 0.495 e. The zero-order chi connectivity index (χ0) is 17.2. The number of nitrogens with zero attached hydrogens (tertiary/aromatic N) is 2. The first-order chi connectivity index (χ1) is 12.3. The molecule has 1 aliphatic heterocycles. The molecule has 0 bridgehead atoms. The van der Waals surface area contributed by atoms with Crippen LogP contribution < -0.4 is 9.64 Å². The molecule has 0 amide bonds. The first kappa shape index (κ1) is 15.8. The monoisotopic (exact) mass is 334 g/mol. The van der Waals surface area contributed by atoms with Gasteiger partial charge in [0.25, 0.3) is 0 Å². The predicted octanol–water partition coefficient (Wildman–Crippen LogP) is 4.33. The number of anilines is 1. The van der Waals surface area contributed by atoms with Crippen molar-refractivity contribution in [3.8, 4) is 11.4 Å². The summed E-state index contributed by atoms with van der Waals surface area (Å²) in [5.41, 5.74) is 4.62. The summed E-state index contributed by atoms with van der Waals surface area (Å²) >= 11 is 0. The van der Waals surface area contributed by atoms with E-state index in [2.05, 4.69) is 65.2 Å². The van der Waals surface area contributed by atoms with Gasteiger partial charge in [-0.1, -0.05) is 29.8 Å². The second kappa shape index (κ2) is 6.65. The Kier molecular flexibility index (Phi) is 4.20. The molecule has 2 aromatic carbocycles. The van der Waals surface area contributed by atoms with E-state index >= 15 is 0 Å². The fourth-order valence-electron chi connectivity index (χ4n) is 3.30. The van der Waals surface area contributed by atoms with Gasteiger partial charge in [0.1, 0.15) is 5.75 Å². The van der Waals surface area contributed by atoms with Crippen molar-refractivity contribution >= 4 is 5.69 Å². The van der Waals surface area contributed by atoms with E-state index in [4.69, 9.17) is 9.47 Å². The molecule has 2 heterocycles. The zero-order valence-corrected chi connectivity index (χ0v) is 14.6. The number of hydrogen-bond acceptors (Lipinski definition) is 3. The summed E-state index contributed by atoms with van der Waals surface area (Å²) < 4.78 is 13.7. The number of hydrogen-bond donors (Lipinski definition) is 0. The van der Waals surface area contributed by atoms with Crippen LogP contribution in [0, 0.1) is 6.92 Å². The van der Waals surface area contributed by atoms with Gasteiger partial charge in [-0.05, 0) is 37.3 Å². The summed E-state index contributed by atoms with van der Waals surface area (Å²) in [5.74, 6) is 0.871. The van der Waals surface area contributed by atoms with E-state index in [0.29, 0.717) is 6.61 Å². The second-order valence-electron chi connectivity index (χ2n) is 6.28. The first-order valence-corrected chi connectivity index (χ1v) is 8.52. The number of methoxy groups -OCH3 is 1. The van der Waals surface area contributed by atoms with Gasteiger partial charge in [-0.3, -0.25) is 0 Å². The van der Waals surface area contributed by atoms with Crippen LogP contribution in [0.5, 0.6) is 5.75 Å². The maximum atomic E-state index is 6.03. The van der Waals surface area contributed by atoms with Gasteiger partial charge < -0.3 is 18.9 Å². The van der Waals surface area contributed by atoms with Crippen LogP contribution in [0.4, 0.5) is 5.69 Å². The maximum absolute atomic E-state index is 6.03. The molecule has 128 valence electrons. The lowest BCUT2D eigenvalue weighted by atomic mass is 10.2. The number of aromatic nitrogens is 1. The van der Waals surface area contributed by atoms with Crippen LogP contribution in [0.25, 0.3) is 5.69 Å². The minimum Gasteiger partial charge on any atom is -0.495 e. The van der Waals surface area contributed by atoms with Gasteiger partial charge in [-0.15, -0.1) is 0 Å². The summed E-state index contributed by atoms with van der Waals surface area (Å²) in [5, 5.41) is 0. The van der Waals surface area contributed by atoms with Crippen molar-refractivity contribution < 1.29 is 9.47 Å². The smallest absolute Gasteiger partial charge is 0.158 e. The molecule has 0 aliphatic carbocycles. The topological polar surface area (TPSA) is 26.6 Å². The van der Waals surface area contributed by atoms with Crippen LogP contribution in [-0.2, 0) is 4.74 Å². The average molecular weight is 334 g/mol. The van der Waals surface area contributed by atoms with Crippen molar-refractivity contribution in [3.63, 3.8) is 0 Å². The van der Waals surface area contributed by atoms with Crippen molar-refractivity contribution in [1.82, 2.24) is 4.57 Å². The van der Waals surface area contributed by atoms with Crippen molar-refractivity contribution in [2.45, 2.75) is 13.2 Å². The molecule has 4 nitrogen and oxygen atoms in total. The number of rotatable bonds is 4. The highest BCUT2D eigenvalue weighted by Crippen LogP contribution is 2.37. The Morgan fingerprint density at radius 3 is 2.64 bits per heavy atom. The van der Waals surface area contributed by atoms with Crippen LogP contribution in [-0.4, -0.2) is 24.8 Å². The molecule has 0 saturated carbocycles. The Balaban J connectivity index is 1.64. The first-order valence-electron chi connectivity index (χ1n) is 8.52. The van der Waals surface area contributed by atoms with Crippen LogP contribution >= 0.6 is 0 Å². The number of ether oxygens (including phenoxy) is 2. The second-order valence-corrected chi connectivity index (χ2v) is 6.28. The van der Waals surface area contributed by atoms with Crippen LogP contribution in [0.2, 0.25) is 0 Å². The third kappa shape index (κ3) is 3.01. The quantitative estimate of drug-likeness (QED) is 0.710. The highest BCUT2D eigenvalue weighted by atomic mass is 16.5. The molecule has 1 atom stereocenters. The molecule has 1 saturated heterocycles. The molecule has 1 fully saturated rings. The van der Waals surface area contributed by atoms with Crippen molar-refractivity contribution in [2.24, 2.45) is 0 Å². The van der Waals surface area contributed by atoms with Gasteiger partial charge in [-0.25, -0.2) is 0 Å². The molecule has 4 rings (SSSR count). The van der Waals surface area contributed by atoms with E-state index in [-0.39, 0.29) is 6.23 Å². The van der Waals surface area contributed by atoms with E-state index in [1.54, 1.807) is 7.11 Å². The summed E-state index contributed by atoms with van der Waals surface area (Å²) in [6, 6.07) is 18.7. The molecule has 1 aliphatic rings. The molecule has 3 aromatic rings. The van der Waals surface area contributed by atoms with Gasteiger partial charge in [0.05, 0.1) is 19.4 Å². The predicted molar refractivity (Wildman–Crippen MR) is 99.5 cm³/mol. The minimum absolute atomic E-state index is 0.0944. The summed E-state index contributed by atoms with van der Waals surface area (Å²) in [4.78, 5) is 2.26. The van der Waals surface area contributed by atoms with Gasteiger partial charge in [0, 0.05) is 30.2 Å². The Morgan fingerprint density at radius 1 is 1.04 bits per heavy atom. The zero-order valence-electron chi connectivity index (χ0n) is 14.6. The fraction of sp³-hybridized carbons (Fsp3) is 0.238. The highest BCUT2D eigenvalue weighted by molar-refractivity contribution is 5.60. The van der Waals surface area contributed by atoms with Gasteiger partial charge in [0.2, 0.25) is 0 Å². The van der Waals surface area contributed by atoms with Crippen LogP contribution in [0.15, 0.2) is 67.0 Å². The van der Waals surface area contributed by atoms with Gasteiger partial charge in [0.15, 0.2) is 6.23 Å². The minimum atomic E-state index is -0.0944. The van der Waals surface area contributed by atoms with Gasteiger partial charge in [-0.2, -0.15) is 0 Å². The van der Waals surface area contributed by atoms with E-state index in [1.807, 2.05) is 18.2 Å². The Labute approximate surface area is 148 Å². The summed E-state index contributed by atoms with van der Waals surface area (Å²) in [7, 11) is 1.71. The van der Waals surface area contributed by atoms with E-state index in [1.165, 1.54) is 5.56 Å². The Bertz CT molecular complexity index is 854. The SMILES string of the molecule is COc1ccccc1N1CCO[C@@H]1c1ccn(-c2ccc(C)cc2)c1. The number of para-hydroxylation sites is 2. The molecule has 0 spiro atoms. The van der Waals surface area contributed by atoms with Gasteiger partial charge >= 0.3 is 0 Å².